The molecule has 2 heterocycles. The monoisotopic (exact) mass is 329 g/mol. The number of rotatable bonds is 4. The van der Waals surface area contributed by atoms with E-state index in [1.807, 2.05) is 24.3 Å². The van der Waals surface area contributed by atoms with Crippen LogP contribution in [-0.4, -0.2) is 49.0 Å². The van der Waals surface area contributed by atoms with E-state index in [2.05, 4.69) is 15.4 Å². The van der Waals surface area contributed by atoms with E-state index < -0.39 is 5.60 Å². The third-order valence-electron chi connectivity index (χ3n) is 4.39. The van der Waals surface area contributed by atoms with Crippen molar-refractivity contribution in [2.45, 2.75) is 44.9 Å². The van der Waals surface area contributed by atoms with Gasteiger partial charge in [-0.3, -0.25) is 0 Å². The Balaban J connectivity index is 1.58. The van der Waals surface area contributed by atoms with Crippen LogP contribution in [0, 0.1) is 0 Å². The van der Waals surface area contributed by atoms with Gasteiger partial charge in [0.15, 0.2) is 0 Å². The zero-order valence-corrected chi connectivity index (χ0v) is 14.0. The number of nitrogens with zero attached hydrogens (tertiary/aromatic N) is 4. The molecule has 1 aliphatic heterocycles. The van der Waals surface area contributed by atoms with Gasteiger partial charge in [0.05, 0.1) is 17.3 Å². The lowest BCUT2D eigenvalue weighted by atomic mass is 9.97. The maximum Gasteiger partial charge on any atom is 0.318 e. The molecule has 1 saturated heterocycles. The molecule has 2 amide bonds. The first-order valence-electron chi connectivity index (χ1n) is 8.16. The van der Waals surface area contributed by atoms with Gasteiger partial charge in [0.1, 0.15) is 12.7 Å². The number of benzene rings is 1. The molecule has 1 fully saturated rings. The summed E-state index contributed by atoms with van der Waals surface area (Å²) in [5.74, 6) is 0. The zero-order valence-electron chi connectivity index (χ0n) is 14.0. The molecule has 1 aromatic heterocycles. The summed E-state index contributed by atoms with van der Waals surface area (Å²) in [4.78, 5) is 18.1. The van der Waals surface area contributed by atoms with E-state index in [-0.39, 0.29) is 12.1 Å². The fraction of sp³-hybridized carbons (Fsp3) is 0.471. The fourth-order valence-electron chi connectivity index (χ4n) is 3.13. The van der Waals surface area contributed by atoms with Gasteiger partial charge in [0, 0.05) is 13.1 Å². The van der Waals surface area contributed by atoms with Gasteiger partial charge in [0.25, 0.3) is 0 Å². The Morgan fingerprint density at radius 2 is 2.12 bits per heavy atom. The Morgan fingerprint density at radius 1 is 1.38 bits per heavy atom. The molecule has 0 radical (unpaired) electrons. The van der Waals surface area contributed by atoms with Gasteiger partial charge < -0.3 is 15.3 Å². The first kappa shape index (κ1) is 16.4. The van der Waals surface area contributed by atoms with Crippen molar-refractivity contribution in [3.63, 3.8) is 0 Å². The summed E-state index contributed by atoms with van der Waals surface area (Å²) in [6.07, 6.45) is 4.89. The minimum atomic E-state index is -0.882. The van der Waals surface area contributed by atoms with Crippen LogP contribution in [0.15, 0.2) is 36.9 Å². The Bertz CT molecular complexity index is 676. The lowest BCUT2D eigenvalue weighted by molar-refractivity contribution is 0.00979. The Morgan fingerprint density at radius 3 is 2.75 bits per heavy atom. The normalized spacial score (nSPS) is 18.0. The van der Waals surface area contributed by atoms with Crippen molar-refractivity contribution in [2.75, 3.05) is 6.54 Å². The number of hydrogen-bond acceptors (Lipinski definition) is 4. The third kappa shape index (κ3) is 3.56. The molecule has 0 spiro atoms. The molecule has 0 aliphatic carbocycles. The number of carbonyl (C=O) groups excluding carboxylic acids is 1. The van der Waals surface area contributed by atoms with Gasteiger partial charge in [-0.25, -0.2) is 14.5 Å². The van der Waals surface area contributed by atoms with Crippen molar-refractivity contribution in [1.82, 2.24) is 25.0 Å². The molecule has 1 atom stereocenters. The summed E-state index contributed by atoms with van der Waals surface area (Å²) >= 11 is 0. The van der Waals surface area contributed by atoms with Crippen molar-refractivity contribution >= 4 is 6.03 Å². The first-order chi connectivity index (χ1) is 11.4. The SMILES string of the molecule is CC(C)(O)C1CCCN1C(=O)NCc1ccc(-n2cncn2)cc1. The average Bonchev–Trinajstić information content (AvgIpc) is 3.23. The van der Waals surface area contributed by atoms with Crippen LogP contribution in [0.5, 0.6) is 0 Å². The number of aliphatic hydroxyl groups is 1. The predicted molar refractivity (Wildman–Crippen MR) is 89.6 cm³/mol. The summed E-state index contributed by atoms with van der Waals surface area (Å²) in [6, 6.07) is 7.52. The van der Waals surface area contributed by atoms with Gasteiger partial charge in [-0.1, -0.05) is 12.1 Å². The molecule has 1 aliphatic rings. The van der Waals surface area contributed by atoms with Crippen LogP contribution < -0.4 is 5.32 Å². The molecule has 128 valence electrons. The van der Waals surface area contributed by atoms with Crippen LogP contribution >= 0.6 is 0 Å². The van der Waals surface area contributed by atoms with Crippen LogP contribution in [0.25, 0.3) is 5.69 Å². The number of likely N-dealkylation sites (tertiary alicyclic amines) is 1. The summed E-state index contributed by atoms with van der Waals surface area (Å²) in [5, 5.41) is 17.2. The molecule has 1 unspecified atom stereocenters. The molecule has 24 heavy (non-hydrogen) atoms. The van der Waals surface area contributed by atoms with E-state index in [0.717, 1.165) is 24.1 Å². The minimum Gasteiger partial charge on any atom is -0.388 e. The molecule has 7 heteroatoms. The van der Waals surface area contributed by atoms with E-state index in [0.29, 0.717) is 13.1 Å². The zero-order chi connectivity index (χ0) is 17.2. The summed E-state index contributed by atoms with van der Waals surface area (Å²) in [5.41, 5.74) is 1.04. The molecule has 1 aromatic carbocycles. The van der Waals surface area contributed by atoms with Crippen molar-refractivity contribution < 1.29 is 9.90 Å². The van der Waals surface area contributed by atoms with E-state index >= 15 is 0 Å². The maximum absolute atomic E-state index is 12.4. The highest BCUT2D eigenvalue weighted by Gasteiger charge is 2.38. The molecule has 2 N–H and O–H groups in total. The largest absolute Gasteiger partial charge is 0.388 e. The van der Waals surface area contributed by atoms with E-state index in [1.165, 1.54) is 6.33 Å². The van der Waals surface area contributed by atoms with E-state index in [4.69, 9.17) is 0 Å². The average molecular weight is 329 g/mol. The number of hydrogen-bond donors (Lipinski definition) is 2. The Hall–Kier alpha value is -2.41. The first-order valence-corrected chi connectivity index (χ1v) is 8.16. The number of amides is 2. The molecule has 0 bridgehead atoms. The smallest absolute Gasteiger partial charge is 0.318 e. The number of aromatic nitrogens is 3. The van der Waals surface area contributed by atoms with Crippen molar-refractivity contribution in [2.24, 2.45) is 0 Å². The highest BCUT2D eigenvalue weighted by Crippen LogP contribution is 2.26. The van der Waals surface area contributed by atoms with Crippen molar-refractivity contribution in [3.05, 3.63) is 42.5 Å². The van der Waals surface area contributed by atoms with Crippen LogP contribution in [-0.2, 0) is 6.54 Å². The fourth-order valence-corrected chi connectivity index (χ4v) is 3.13. The quantitative estimate of drug-likeness (QED) is 0.894. The second kappa shape index (κ2) is 6.60. The van der Waals surface area contributed by atoms with Gasteiger partial charge in [-0.2, -0.15) is 5.10 Å². The second-order valence-corrected chi connectivity index (χ2v) is 6.67. The Kier molecular flexibility index (Phi) is 4.53. The van der Waals surface area contributed by atoms with Crippen LogP contribution in [0.2, 0.25) is 0 Å². The van der Waals surface area contributed by atoms with E-state index in [1.54, 1.807) is 29.8 Å². The summed E-state index contributed by atoms with van der Waals surface area (Å²) in [6.45, 7) is 4.65. The van der Waals surface area contributed by atoms with Crippen LogP contribution in [0.3, 0.4) is 0 Å². The molecule has 2 aromatic rings. The second-order valence-electron chi connectivity index (χ2n) is 6.67. The van der Waals surface area contributed by atoms with Gasteiger partial charge in [0.2, 0.25) is 0 Å². The van der Waals surface area contributed by atoms with Crippen molar-refractivity contribution in [3.8, 4) is 5.69 Å². The number of urea groups is 1. The topological polar surface area (TPSA) is 83.3 Å². The molecule has 3 rings (SSSR count). The van der Waals surface area contributed by atoms with Crippen LogP contribution in [0.1, 0.15) is 32.3 Å². The highest BCUT2D eigenvalue weighted by atomic mass is 16.3. The van der Waals surface area contributed by atoms with Gasteiger partial charge in [-0.05, 0) is 44.4 Å². The Labute approximate surface area is 141 Å². The van der Waals surface area contributed by atoms with Gasteiger partial charge in [-0.15, -0.1) is 0 Å². The third-order valence-corrected chi connectivity index (χ3v) is 4.39. The lowest BCUT2D eigenvalue weighted by Crippen LogP contribution is -2.51. The molecule has 7 nitrogen and oxygen atoms in total. The molecular formula is C17H23N5O2. The van der Waals surface area contributed by atoms with Gasteiger partial charge >= 0.3 is 6.03 Å². The molecule has 0 saturated carbocycles. The van der Waals surface area contributed by atoms with Crippen molar-refractivity contribution in [1.29, 1.82) is 0 Å². The number of carbonyl (C=O) groups is 1. The minimum absolute atomic E-state index is 0.125. The standard InChI is InChI=1S/C17H23N5O2/c1-17(2,24)15-4-3-9-21(15)16(23)19-10-13-5-7-14(8-6-13)22-12-18-11-20-22/h5-8,11-12,15,24H,3-4,9-10H2,1-2H3,(H,19,23). The van der Waals surface area contributed by atoms with E-state index in [9.17, 15) is 9.90 Å². The summed E-state index contributed by atoms with van der Waals surface area (Å²) in [7, 11) is 0. The van der Waals surface area contributed by atoms with Crippen LogP contribution in [0.4, 0.5) is 4.79 Å². The highest BCUT2D eigenvalue weighted by molar-refractivity contribution is 5.75. The summed E-state index contributed by atoms with van der Waals surface area (Å²) < 4.78 is 1.68. The molecular weight excluding hydrogens is 306 g/mol. The number of nitrogens with one attached hydrogen (secondary N) is 1. The predicted octanol–water partition coefficient (Wildman–Crippen LogP) is 1.71. The lowest BCUT2D eigenvalue weighted by Gasteiger charge is -2.33. The maximum atomic E-state index is 12.4.